The highest BCUT2D eigenvalue weighted by Crippen LogP contribution is 2.72. The zero-order valence-electron chi connectivity index (χ0n) is 9.18. The molecule has 0 aliphatic heterocycles. The molecule has 17 heavy (non-hydrogen) atoms. The normalized spacial score (nSPS) is 13.7. The van der Waals surface area contributed by atoms with Gasteiger partial charge in [0.05, 0.1) is 0 Å². The smallest absolute Gasteiger partial charge is 0.343 e. The van der Waals surface area contributed by atoms with Crippen LogP contribution >= 0.6 is 15.2 Å². The summed E-state index contributed by atoms with van der Waals surface area (Å²) in [6.07, 6.45) is -1.79. The lowest BCUT2D eigenvalue weighted by atomic mass is 10.1. The van der Waals surface area contributed by atoms with Crippen LogP contribution in [-0.2, 0) is 13.9 Å². The zero-order chi connectivity index (χ0) is 13.9. The van der Waals surface area contributed by atoms with E-state index in [0.717, 1.165) is 0 Å². The van der Waals surface area contributed by atoms with E-state index in [1.54, 1.807) is 0 Å². The number of hydrogen-bond acceptors (Lipinski definition) is 3. The van der Waals surface area contributed by atoms with Crippen LogP contribution in [0.1, 0.15) is 32.6 Å². The van der Waals surface area contributed by atoms with Gasteiger partial charge < -0.3 is 24.7 Å². The van der Waals surface area contributed by atoms with E-state index < -0.39 is 45.3 Å². The van der Waals surface area contributed by atoms with Crippen molar-refractivity contribution >= 4 is 21.2 Å². The van der Waals surface area contributed by atoms with E-state index in [1.807, 2.05) is 0 Å². The SMILES string of the molecule is CCCC(CCC(=O)O)(P(=O)(O)O)P(=O)(O)O. The molecule has 0 aromatic heterocycles. The maximum Gasteiger partial charge on any atom is 0.343 e. The van der Waals surface area contributed by atoms with Crippen LogP contribution in [0.4, 0.5) is 0 Å². The quantitative estimate of drug-likeness (QED) is 0.429. The lowest BCUT2D eigenvalue weighted by molar-refractivity contribution is -0.137. The first-order valence-corrected chi connectivity index (χ1v) is 8.03. The molecule has 0 bridgehead atoms. The Morgan fingerprint density at radius 3 is 1.71 bits per heavy atom. The van der Waals surface area contributed by atoms with Crippen molar-refractivity contribution in [2.45, 2.75) is 37.5 Å². The molecule has 102 valence electrons. The van der Waals surface area contributed by atoms with Gasteiger partial charge in [-0.25, -0.2) is 0 Å². The van der Waals surface area contributed by atoms with E-state index in [0.29, 0.717) is 0 Å². The van der Waals surface area contributed by atoms with Crippen molar-refractivity contribution in [1.29, 1.82) is 0 Å². The lowest BCUT2D eigenvalue weighted by Crippen LogP contribution is -2.30. The van der Waals surface area contributed by atoms with Gasteiger partial charge in [-0.1, -0.05) is 13.3 Å². The molecule has 0 spiro atoms. The van der Waals surface area contributed by atoms with Crippen molar-refractivity contribution in [3.8, 4) is 0 Å². The Hall–Kier alpha value is -0.230. The number of aliphatic carboxylic acids is 1. The molecule has 5 N–H and O–H groups in total. The van der Waals surface area contributed by atoms with Crippen molar-refractivity contribution in [2.75, 3.05) is 0 Å². The highest BCUT2D eigenvalue weighted by atomic mass is 31.2. The lowest BCUT2D eigenvalue weighted by Gasteiger charge is -2.34. The highest BCUT2D eigenvalue weighted by Gasteiger charge is 2.58. The topological polar surface area (TPSA) is 152 Å². The first-order valence-electron chi connectivity index (χ1n) is 4.81. The van der Waals surface area contributed by atoms with Crippen molar-refractivity contribution in [1.82, 2.24) is 0 Å². The first kappa shape index (κ1) is 16.8. The average molecular weight is 290 g/mol. The summed E-state index contributed by atoms with van der Waals surface area (Å²) in [7, 11) is -10.3. The summed E-state index contributed by atoms with van der Waals surface area (Å²) < 4.78 is 22.6. The summed E-state index contributed by atoms with van der Waals surface area (Å²) in [6, 6.07) is 0. The molecule has 0 aromatic carbocycles. The van der Waals surface area contributed by atoms with Crippen molar-refractivity contribution in [2.24, 2.45) is 0 Å². The fourth-order valence-electron chi connectivity index (χ4n) is 1.58. The van der Waals surface area contributed by atoms with Crippen LogP contribution in [0.2, 0.25) is 0 Å². The van der Waals surface area contributed by atoms with Crippen molar-refractivity contribution in [3.05, 3.63) is 0 Å². The monoisotopic (exact) mass is 290 g/mol. The minimum Gasteiger partial charge on any atom is -0.481 e. The molecule has 10 heteroatoms. The maximum absolute atomic E-state index is 11.3. The Bertz CT molecular complexity index is 344. The molecule has 0 fully saturated rings. The Morgan fingerprint density at radius 1 is 1.06 bits per heavy atom. The van der Waals surface area contributed by atoms with Crippen LogP contribution in [0.5, 0.6) is 0 Å². The number of carbonyl (C=O) groups is 1. The molecule has 0 rings (SSSR count). The minimum absolute atomic E-state index is 0.121. The largest absolute Gasteiger partial charge is 0.481 e. The Morgan fingerprint density at radius 2 is 1.47 bits per heavy atom. The molecular formula is C7H16O8P2. The number of rotatable bonds is 7. The van der Waals surface area contributed by atoms with Gasteiger partial charge >= 0.3 is 21.2 Å². The Kier molecular flexibility index (Phi) is 5.53. The predicted molar refractivity (Wildman–Crippen MR) is 58.6 cm³/mol. The van der Waals surface area contributed by atoms with E-state index in [4.69, 9.17) is 24.7 Å². The van der Waals surface area contributed by atoms with Crippen molar-refractivity contribution in [3.63, 3.8) is 0 Å². The predicted octanol–water partition coefficient (Wildman–Crippen LogP) is 0.703. The van der Waals surface area contributed by atoms with E-state index >= 15 is 0 Å². The van der Waals surface area contributed by atoms with Gasteiger partial charge in [0.15, 0.2) is 4.90 Å². The van der Waals surface area contributed by atoms with Gasteiger partial charge in [-0.3, -0.25) is 13.9 Å². The molecule has 0 aliphatic rings. The minimum atomic E-state index is -5.13. The van der Waals surface area contributed by atoms with E-state index in [1.165, 1.54) is 6.92 Å². The van der Waals surface area contributed by atoms with Gasteiger partial charge in [0.2, 0.25) is 0 Å². The second-order valence-electron chi connectivity index (χ2n) is 3.71. The maximum atomic E-state index is 11.3. The van der Waals surface area contributed by atoms with Gasteiger partial charge in [0.1, 0.15) is 0 Å². The Labute approximate surface area is 98.0 Å². The van der Waals surface area contributed by atoms with Gasteiger partial charge in [-0.2, -0.15) is 0 Å². The van der Waals surface area contributed by atoms with Crippen molar-refractivity contribution < 1.29 is 38.6 Å². The first-order chi connectivity index (χ1) is 7.48. The fourth-order valence-corrected chi connectivity index (χ4v) is 4.78. The summed E-state index contributed by atoms with van der Waals surface area (Å²) in [5, 5.41) is 8.47. The third-order valence-corrected chi connectivity index (χ3v) is 7.10. The summed E-state index contributed by atoms with van der Waals surface area (Å²) in [5.74, 6) is -1.37. The molecule has 0 aliphatic carbocycles. The molecule has 0 atom stereocenters. The molecule has 0 radical (unpaired) electrons. The highest BCUT2D eigenvalue weighted by molar-refractivity contribution is 7.72. The molecule has 0 amide bonds. The van der Waals surface area contributed by atoms with Crippen LogP contribution in [0, 0.1) is 0 Å². The van der Waals surface area contributed by atoms with Crippen LogP contribution in [0.3, 0.4) is 0 Å². The van der Waals surface area contributed by atoms with Gasteiger partial charge in [0.25, 0.3) is 0 Å². The number of carboxylic acid groups (broad SMARTS) is 1. The summed E-state index contributed by atoms with van der Waals surface area (Å²) >= 11 is 0. The van der Waals surface area contributed by atoms with Gasteiger partial charge in [0, 0.05) is 6.42 Å². The standard InChI is InChI=1S/C7H16O8P2/c1-2-4-7(16(10,11)12,17(13,14)15)5-3-6(8)9/h2-5H2,1H3,(H,8,9)(H2,10,11,12)(H2,13,14,15). The third-order valence-electron chi connectivity index (χ3n) is 2.47. The number of carboxylic acids is 1. The van der Waals surface area contributed by atoms with Gasteiger partial charge in [-0.15, -0.1) is 0 Å². The summed E-state index contributed by atoms with van der Waals surface area (Å²) in [5.41, 5.74) is 0. The van der Waals surface area contributed by atoms with Crippen LogP contribution in [0.25, 0.3) is 0 Å². The molecule has 0 heterocycles. The fraction of sp³-hybridized carbons (Fsp3) is 0.857. The molecule has 0 saturated carbocycles. The number of hydrogen-bond donors (Lipinski definition) is 5. The Balaban J connectivity index is 5.51. The zero-order valence-corrected chi connectivity index (χ0v) is 11.0. The molecule has 0 saturated heterocycles. The average Bonchev–Trinajstić information content (AvgIpc) is 2.07. The van der Waals surface area contributed by atoms with Crippen LogP contribution in [0.15, 0.2) is 0 Å². The summed E-state index contributed by atoms with van der Waals surface area (Å²) in [6.45, 7) is 1.50. The van der Waals surface area contributed by atoms with E-state index in [2.05, 4.69) is 0 Å². The molecule has 0 unspecified atom stereocenters. The molecular weight excluding hydrogens is 274 g/mol. The second kappa shape index (κ2) is 5.61. The van der Waals surface area contributed by atoms with Gasteiger partial charge in [-0.05, 0) is 12.8 Å². The van der Waals surface area contributed by atoms with Crippen LogP contribution in [-0.4, -0.2) is 35.5 Å². The van der Waals surface area contributed by atoms with Crippen LogP contribution < -0.4 is 0 Å². The summed E-state index contributed by atoms with van der Waals surface area (Å²) in [4.78, 5) is 44.3. The van der Waals surface area contributed by atoms with E-state index in [9.17, 15) is 13.9 Å². The molecule has 8 nitrogen and oxygen atoms in total. The third kappa shape index (κ3) is 3.88. The second-order valence-corrected chi connectivity index (χ2v) is 7.96. The van der Waals surface area contributed by atoms with E-state index in [-0.39, 0.29) is 6.42 Å². The molecule has 0 aromatic rings.